The van der Waals surface area contributed by atoms with Crippen LogP contribution in [0, 0.1) is 23.6 Å². The molecule has 0 amide bonds. The molecule has 2 heterocycles. The molecule has 2 bridgehead atoms. The first kappa shape index (κ1) is 23.1. The third-order valence-corrected chi connectivity index (χ3v) is 10.9. The van der Waals surface area contributed by atoms with Gasteiger partial charge in [-0.1, -0.05) is 49.7 Å². The van der Waals surface area contributed by atoms with Crippen LogP contribution < -0.4 is 4.74 Å². The molecule has 2 saturated heterocycles. The molecule has 0 radical (unpaired) electrons. The molecule has 4 heteroatoms. The highest BCUT2D eigenvalue weighted by atomic mass is 32.2. The van der Waals surface area contributed by atoms with Crippen LogP contribution in [0.25, 0.3) is 0 Å². The Hall–Kier alpha value is -2.30. The predicted octanol–water partition coefficient (Wildman–Crippen LogP) is 7.67. The van der Waals surface area contributed by atoms with Gasteiger partial charge in [0.1, 0.15) is 5.60 Å². The van der Waals surface area contributed by atoms with Crippen molar-refractivity contribution in [1.29, 1.82) is 0 Å². The molecule has 3 aromatic carbocycles. The molecule has 3 aliphatic rings. The van der Waals surface area contributed by atoms with Crippen LogP contribution >= 0.6 is 0 Å². The van der Waals surface area contributed by atoms with Crippen LogP contribution in [0.15, 0.2) is 93.5 Å². The molecule has 2 nitrogen and oxygen atoms in total. The van der Waals surface area contributed by atoms with Gasteiger partial charge in [-0.25, -0.2) is 4.39 Å². The van der Waals surface area contributed by atoms with Crippen LogP contribution in [-0.4, -0.2) is 17.8 Å². The number of halogens is 1. The summed E-state index contributed by atoms with van der Waals surface area (Å²) in [6, 6.07) is 26.4. The zero-order valence-corrected chi connectivity index (χ0v) is 21.3. The van der Waals surface area contributed by atoms with Crippen molar-refractivity contribution in [2.24, 2.45) is 17.8 Å². The topological polar surface area (TPSA) is 18.5 Å². The van der Waals surface area contributed by atoms with Crippen molar-refractivity contribution in [3.8, 4) is 5.75 Å². The van der Waals surface area contributed by atoms with Crippen molar-refractivity contribution in [3.63, 3.8) is 0 Å². The van der Waals surface area contributed by atoms with Gasteiger partial charge in [0.2, 0.25) is 0 Å². The minimum Gasteiger partial charge on any atom is -0.484 e. The predicted molar refractivity (Wildman–Crippen MR) is 138 cm³/mol. The van der Waals surface area contributed by atoms with Crippen LogP contribution in [0.1, 0.15) is 46.0 Å². The summed E-state index contributed by atoms with van der Waals surface area (Å²) in [4.78, 5) is 3.49. The molecule has 182 valence electrons. The van der Waals surface area contributed by atoms with E-state index < -0.39 is 5.60 Å². The summed E-state index contributed by atoms with van der Waals surface area (Å²) in [5, 5.41) is 0. The second-order valence-electron chi connectivity index (χ2n) is 10.5. The number of rotatable bonds is 7. The largest absolute Gasteiger partial charge is 0.484 e. The third-order valence-electron chi connectivity index (χ3n) is 8.66. The molecule has 0 N–H and O–H groups in total. The van der Waals surface area contributed by atoms with Gasteiger partial charge >= 0.3 is 0 Å². The van der Waals surface area contributed by atoms with Crippen LogP contribution in [0.4, 0.5) is 4.39 Å². The van der Waals surface area contributed by atoms with E-state index in [1.54, 1.807) is 6.07 Å². The van der Waals surface area contributed by atoms with E-state index in [1.807, 2.05) is 24.3 Å². The summed E-state index contributed by atoms with van der Waals surface area (Å²) in [6.07, 6.45) is 6.38. The Morgan fingerprint density at radius 2 is 1.57 bits per heavy atom. The Bertz CT molecular complexity index is 1130. The van der Waals surface area contributed by atoms with Gasteiger partial charge in [0.15, 0.2) is 26.3 Å². The van der Waals surface area contributed by atoms with Crippen molar-refractivity contribution in [1.82, 2.24) is 0 Å². The van der Waals surface area contributed by atoms with Crippen molar-refractivity contribution in [3.05, 3.63) is 84.7 Å². The first-order valence-corrected chi connectivity index (χ1v) is 14.3. The van der Waals surface area contributed by atoms with E-state index in [2.05, 4.69) is 62.4 Å². The maximum Gasteiger partial charge on any atom is 0.170 e. The van der Waals surface area contributed by atoms with Gasteiger partial charge in [0.25, 0.3) is 0 Å². The minimum atomic E-state index is -0.454. The zero-order valence-electron chi connectivity index (χ0n) is 20.5. The highest BCUT2D eigenvalue weighted by Gasteiger charge is 2.60. The summed E-state index contributed by atoms with van der Waals surface area (Å²) in [5.41, 5.74) is -0.454. The normalized spacial score (nSPS) is 28.7. The number of benzene rings is 3. The number of hydrogen-bond acceptors (Lipinski definition) is 2. The third kappa shape index (κ3) is 4.09. The van der Waals surface area contributed by atoms with Gasteiger partial charge in [-0.2, -0.15) is 0 Å². The fraction of sp³-hybridized carbons (Fsp3) is 0.419. The van der Waals surface area contributed by atoms with Crippen molar-refractivity contribution < 1.29 is 13.9 Å². The first-order chi connectivity index (χ1) is 17.1. The van der Waals surface area contributed by atoms with Gasteiger partial charge in [0, 0.05) is 12.0 Å². The molecular formula is C31H34FO2S+. The molecule has 6 atom stereocenters. The Labute approximate surface area is 211 Å². The molecule has 2 aliphatic heterocycles. The minimum absolute atomic E-state index is 0.256. The van der Waals surface area contributed by atoms with Gasteiger partial charge < -0.3 is 9.47 Å². The molecule has 35 heavy (non-hydrogen) atoms. The summed E-state index contributed by atoms with van der Waals surface area (Å²) in [7, 11) is -0.342. The van der Waals surface area contributed by atoms with E-state index in [-0.39, 0.29) is 22.8 Å². The van der Waals surface area contributed by atoms with E-state index in [0.29, 0.717) is 23.7 Å². The van der Waals surface area contributed by atoms with Gasteiger partial charge in [-0.05, 0) is 80.8 Å². The van der Waals surface area contributed by atoms with Gasteiger partial charge in [0.05, 0.1) is 23.1 Å². The van der Waals surface area contributed by atoms with Crippen molar-refractivity contribution in [2.45, 2.75) is 78.4 Å². The molecule has 3 fully saturated rings. The van der Waals surface area contributed by atoms with Crippen molar-refractivity contribution >= 4 is 10.9 Å². The average molecular weight is 490 g/mol. The molecule has 6 rings (SSSR count). The van der Waals surface area contributed by atoms with Gasteiger partial charge in [-0.15, -0.1) is 0 Å². The van der Waals surface area contributed by atoms with E-state index in [4.69, 9.17) is 9.47 Å². The molecule has 6 unspecified atom stereocenters. The second-order valence-corrected chi connectivity index (χ2v) is 12.6. The number of ether oxygens (including phenoxy) is 2. The van der Waals surface area contributed by atoms with Crippen LogP contribution in [0.2, 0.25) is 0 Å². The van der Waals surface area contributed by atoms with Crippen LogP contribution in [-0.2, 0) is 15.6 Å². The molecular weight excluding hydrogens is 455 g/mol. The summed E-state index contributed by atoms with van der Waals surface area (Å²) < 4.78 is 28.4. The quantitative estimate of drug-likeness (QED) is 0.317. The Kier molecular flexibility index (Phi) is 6.14. The lowest BCUT2D eigenvalue weighted by molar-refractivity contribution is -0.0299. The molecule has 1 saturated carbocycles. The average Bonchev–Trinajstić information content (AvgIpc) is 3.62. The highest BCUT2D eigenvalue weighted by Crippen LogP contribution is 2.57. The lowest BCUT2D eigenvalue weighted by Gasteiger charge is -2.41. The molecule has 3 aromatic rings. The molecule has 1 aliphatic carbocycles. The number of hydrogen-bond donors (Lipinski definition) is 0. The monoisotopic (exact) mass is 489 g/mol. The summed E-state index contributed by atoms with van der Waals surface area (Å²) >= 11 is 0. The van der Waals surface area contributed by atoms with E-state index in [1.165, 1.54) is 29.1 Å². The standard InChI is InChI=1S/C31H34FO2S/c1-3-31(2,26-20-28-24-15-10-16-25(24)30(26)33-28)34-29-19-23(17-18-27(29)32)35(21-11-6-4-7-12-21)22-13-8-5-9-14-22/h4-9,11-14,17-19,24-26,28,30H,3,10,15-16,20H2,1-2H3/q+1. The highest BCUT2D eigenvalue weighted by molar-refractivity contribution is 7.97. The van der Waals surface area contributed by atoms with Crippen molar-refractivity contribution in [2.75, 3.05) is 0 Å². The fourth-order valence-corrected chi connectivity index (χ4v) is 8.87. The summed E-state index contributed by atoms with van der Waals surface area (Å²) in [6.45, 7) is 4.34. The smallest absolute Gasteiger partial charge is 0.170 e. The lowest BCUT2D eigenvalue weighted by Crippen LogP contribution is -2.48. The van der Waals surface area contributed by atoms with E-state index in [0.717, 1.165) is 23.7 Å². The van der Waals surface area contributed by atoms with Gasteiger partial charge in [-0.3, -0.25) is 0 Å². The van der Waals surface area contributed by atoms with Crippen LogP contribution in [0.5, 0.6) is 5.75 Å². The Morgan fingerprint density at radius 3 is 2.23 bits per heavy atom. The van der Waals surface area contributed by atoms with E-state index >= 15 is 4.39 Å². The molecule has 0 aromatic heterocycles. The fourth-order valence-electron chi connectivity index (χ4n) is 6.77. The maximum atomic E-state index is 15.2. The maximum absolute atomic E-state index is 15.2. The molecule has 0 spiro atoms. The Morgan fingerprint density at radius 1 is 0.914 bits per heavy atom. The SMILES string of the molecule is CCC(C)(Oc1cc([S+](c2ccccc2)c2ccccc2)ccc1F)C1CC2OC1C1CCCC21. The lowest BCUT2D eigenvalue weighted by atomic mass is 9.69. The zero-order chi connectivity index (χ0) is 24.0. The number of fused-ring (bicyclic) bond motifs is 5. The Balaban J connectivity index is 1.33. The van der Waals surface area contributed by atoms with E-state index in [9.17, 15) is 0 Å². The van der Waals surface area contributed by atoms with Crippen LogP contribution in [0.3, 0.4) is 0 Å². The first-order valence-electron chi connectivity index (χ1n) is 13.1. The summed E-state index contributed by atoms with van der Waals surface area (Å²) in [5.74, 6) is 1.77. The second kappa shape index (κ2) is 9.29.